The van der Waals surface area contributed by atoms with Gasteiger partial charge in [0.25, 0.3) is 5.69 Å². The Balaban J connectivity index is 2.05. The summed E-state index contributed by atoms with van der Waals surface area (Å²) in [5, 5.41) is 11.2. The Morgan fingerprint density at radius 1 is 1.12 bits per heavy atom. The van der Waals surface area contributed by atoms with Gasteiger partial charge in [-0.05, 0) is 32.8 Å². The van der Waals surface area contributed by atoms with Crippen molar-refractivity contribution >= 4 is 21.4 Å². The molecule has 8 nitrogen and oxygen atoms in total. The molecule has 0 saturated carbocycles. The molecule has 26 heavy (non-hydrogen) atoms. The summed E-state index contributed by atoms with van der Waals surface area (Å²) in [5.74, 6) is 0. The molecule has 0 amide bonds. The van der Waals surface area contributed by atoms with Crippen molar-refractivity contribution in [2.45, 2.75) is 50.2 Å². The lowest BCUT2D eigenvalue weighted by Gasteiger charge is -2.38. The summed E-state index contributed by atoms with van der Waals surface area (Å²) in [7, 11) is -3.79. The number of non-ortho nitro benzene ring substituents is 1. The summed E-state index contributed by atoms with van der Waals surface area (Å²) in [5.41, 5.74) is 0.307. The van der Waals surface area contributed by atoms with Crippen LogP contribution in [-0.4, -0.2) is 56.0 Å². The van der Waals surface area contributed by atoms with Gasteiger partial charge in [-0.1, -0.05) is 6.42 Å². The molecule has 3 rings (SSSR count). The summed E-state index contributed by atoms with van der Waals surface area (Å²) >= 11 is 0. The maximum absolute atomic E-state index is 13.2. The molecule has 0 spiro atoms. The molecule has 2 saturated heterocycles. The van der Waals surface area contributed by atoms with Crippen molar-refractivity contribution in [3.8, 4) is 0 Å². The zero-order valence-electron chi connectivity index (χ0n) is 15.1. The molecule has 9 heteroatoms. The summed E-state index contributed by atoms with van der Waals surface area (Å²) in [6.07, 6.45) is 2.55. The Bertz CT molecular complexity index is 767. The van der Waals surface area contributed by atoms with Crippen molar-refractivity contribution in [3.05, 3.63) is 28.3 Å². The van der Waals surface area contributed by atoms with Gasteiger partial charge in [0, 0.05) is 38.3 Å². The van der Waals surface area contributed by atoms with E-state index in [2.05, 4.69) is 0 Å². The first kappa shape index (κ1) is 19.1. The van der Waals surface area contributed by atoms with Crippen LogP contribution < -0.4 is 4.90 Å². The van der Waals surface area contributed by atoms with Gasteiger partial charge in [0.05, 0.1) is 22.8 Å². The van der Waals surface area contributed by atoms with Gasteiger partial charge < -0.3 is 9.64 Å². The fraction of sp³-hybridized carbons (Fsp3) is 0.647. The molecule has 0 aromatic heterocycles. The zero-order chi connectivity index (χ0) is 18.9. The van der Waals surface area contributed by atoms with Gasteiger partial charge in [0.1, 0.15) is 4.90 Å². The molecular weight excluding hydrogens is 358 g/mol. The first-order valence-electron chi connectivity index (χ1n) is 8.98. The maximum atomic E-state index is 13.2. The second-order valence-electron chi connectivity index (χ2n) is 7.04. The number of nitro benzene ring substituents is 1. The molecule has 0 aliphatic carbocycles. The first-order chi connectivity index (χ1) is 12.3. The predicted molar refractivity (Wildman–Crippen MR) is 97.9 cm³/mol. The minimum atomic E-state index is -3.79. The number of hydrogen-bond donors (Lipinski definition) is 0. The van der Waals surface area contributed by atoms with Gasteiger partial charge in [0.15, 0.2) is 0 Å². The standard InChI is InChI=1S/C17H25N3O5S/c1-13-11-18(12-14(2)25-13)16-7-6-15(20(21)22)10-17(16)26(23,24)19-8-4-3-5-9-19/h6-7,10,13-14H,3-5,8-9,11-12H2,1-2H3. The van der Waals surface area contributed by atoms with E-state index in [4.69, 9.17) is 4.74 Å². The number of nitrogens with zero attached hydrogens (tertiary/aromatic N) is 3. The van der Waals surface area contributed by atoms with Crippen molar-refractivity contribution < 1.29 is 18.1 Å². The van der Waals surface area contributed by atoms with E-state index in [9.17, 15) is 18.5 Å². The van der Waals surface area contributed by atoms with E-state index in [1.54, 1.807) is 6.07 Å². The Labute approximate surface area is 153 Å². The molecule has 2 fully saturated rings. The molecule has 2 aliphatic rings. The average molecular weight is 383 g/mol. The van der Waals surface area contributed by atoms with Crippen LogP contribution >= 0.6 is 0 Å². The maximum Gasteiger partial charge on any atom is 0.270 e. The summed E-state index contributed by atoms with van der Waals surface area (Å²) in [4.78, 5) is 12.6. The number of hydrogen-bond acceptors (Lipinski definition) is 6. The van der Waals surface area contributed by atoms with Gasteiger partial charge in [-0.3, -0.25) is 10.1 Å². The highest BCUT2D eigenvalue weighted by Crippen LogP contribution is 2.34. The summed E-state index contributed by atoms with van der Waals surface area (Å²) < 4.78 is 33.7. The van der Waals surface area contributed by atoms with Gasteiger partial charge in [-0.2, -0.15) is 4.31 Å². The predicted octanol–water partition coefficient (Wildman–Crippen LogP) is 2.38. The molecule has 1 aromatic carbocycles. The number of nitro groups is 1. The van der Waals surface area contributed by atoms with Crippen LogP contribution in [0, 0.1) is 10.1 Å². The quantitative estimate of drug-likeness (QED) is 0.585. The molecule has 0 bridgehead atoms. The lowest BCUT2D eigenvalue weighted by Crippen LogP contribution is -2.46. The molecule has 144 valence electrons. The number of rotatable bonds is 4. The normalized spacial score (nSPS) is 25.2. The molecule has 2 heterocycles. The number of anilines is 1. The van der Waals surface area contributed by atoms with Crippen molar-refractivity contribution in [2.24, 2.45) is 0 Å². The topological polar surface area (TPSA) is 93.0 Å². The van der Waals surface area contributed by atoms with Crippen molar-refractivity contribution in [1.82, 2.24) is 4.31 Å². The molecule has 0 N–H and O–H groups in total. The molecule has 0 radical (unpaired) electrons. The second kappa shape index (κ2) is 7.50. The van der Waals surface area contributed by atoms with Crippen LogP contribution in [0.4, 0.5) is 11.4 Å². The van der Waals surface area contributed by atoms with E-state index in [-0.39, 0.29) is 22.8 Å². The lowest BCUT2D eigenvalue weighted by molar-refractivity contribution is -0.385. The van der Waals surface area contributed by atoms with E-state index < -0.39 is 14.9 Å². The van der Waals surface area contributed by atoms with Crippen molar-refractivity contribution in [2.75, 3.05) is 31.1 Å². The van der Waals surface area contributed by atoms with Crippen LogP contribution in [0.15, 0.2) is 23.1 Å². The zero-order valence-corrected chi connectivity index (χ0v) is 15.9. The fourth-order valence-corrected chi connectivity index (χ4v) is 5.45. The highest BCUT2D eigenvalue weighted by molar-refractivity contribution is 7.89. The number of sulfonamides is 1. The molecular formula is C17H25N3O5S. The van der Waals surface area contributed by atoms with E-state index in [1.165, 1.54) is 16.4 Å². The van der Waals surface area contributed by atoms with E-state index in [0.29, 0.717) is 31.9 Å². The second-order valence-corrected chi connectivity index (χ2v) is 8.94. The number of morpholine rings is 1. The average Bonchev–Trinajstić information content (AvgIpc) is 2.61. The smallest absolute Gasteiger partial charge is 0.270 e. The third-order valence-corrected chi connectivity index (χ3v) is 6.78. The monoisotopic (exact) mass is 383 g/mol. The highest BCUT2D eigenvalue weighted by Gasteiger charge is 2.33. The van der Waals surface area contributed by atoms with Gasteiger partial charge >= 0.3 is 0 Å². The Morgan fingerprint density at radius 2 is 1.73 bits per heavy atom. The highest BCUT2D eigenvalue weighted by atomic mass is 32.2. The van der Waals surface area contributed by atoms with Gasteiger partial charge in [-0.25, -0.2) is 8.42 Å². The molecule has 2 atom stereocenters. The summed E-state index contributed by atoms with van der Waals surface area (Å²) in [6, 6.07) is 4.12. The van der Waals surface area contributed by atoms with E-state index in [1.807, 2.05) is 18.7 Å². The van der Waals surface area contributed by atoms with Crippen molar-refractivity contribution in [3.63, 3.8) is 0 Å². The molecule has 2 unspecified atom stereocenters. The van der Waals surface area contributed by atoms with Gasteiger partial charge in [-0.15, -0.1) is 0 Å². The number of benzene rings is 1. The molecule has 2 aliphatic heterocycles. The van der Waals surface area contributed by atoms with Crippen molar-refractivity contribution in [1.29, 1.82) is 0 Å². The Morgan fingerprint density at radius 3 is 2.31 bits per heavy atom. The molecule has 1 aromatic rings. The number of piperidine rings is 1. The lowest BCUT2D eigenvalue weighted by atomic mass is 10.2. The summed E-state index contributed by atoms with van der Waals surface area (Å²) in [6.45, 7) is 5.88. The van der Waals surface area contributed by atoms with Crippen LogP contribution in [0.25, 0.3) is 0 Å². The van der Waals surface area contributed by atoms with Crippen LogP contribution in [0.3, 0.4) is 0 Å². The van der Waals surface area contributed by atoms with E-state index in [0.717, 1.165) is 19.3 Å². The van der Waals surface area contributed by atoms with Crippen LogP contribution in [0.1, 0.15) is 33.1 Å². The Hall–Kier alpha value is -1.71. The number of ether oxygens (including phenoxy) is 1. The van der Waals surface area contributed by atoms with Gasteiger partial charge in [0.2, 0.25) is 10.0 Å². The minimum absolute atomic E-state index is 0.0231. The van der Waals surface area contributed by atoms with E-state index >= 15 is 0 Å². The SMILES string of the molecule is CC1CN(c2ccc([N+](=O)[O-])cc2S(=O)(=O)N2CCCCC2)CC(C)O1. The van der Waals surface area contributed by atoms with Crippen LogP contribution in [0.5, 0.6) is 0 Å². The third kappa shape index (κ3) is 3.84. The minimum Gasteiger partial charge on any atom is -0.372 e. The van der Waals surface area contributed by atoms with Crippen LogP contribution in [0.2, 0.25) is 0 Å². The Kier molecular flexibility index (Phi) is 5.50. The largest absolute Gasteiger partial charge is 0.372 e. The van der Waals surface area contributed by atoms with Crippen LogP contribution in [-0.2, 0) is 14.8 Å². The first-order valence-corrected chi connectivity index (χ1v) is 10.4. The fourth-order valence-electron chi connectivity index (χ4n) is 3.70. The third-order valence-electron chi connectivity index (χ3n) is 4.85.